The van der Waals surface area contributed by atoms with Crippen LogP contribution in [0.1, 0.15) is 25.0 Å². The van der Waals surface area contributed by atoms with Gasteiger partial charge in [0.1, 0.15) is 0 Å². The van der Waals surface area contributed by atoms with E-state index in [1.165, 1.54) is 22.7 Å². The molecule has 1 aromatic rings. The zero-order valence-electron chi connectivity index (χ0n) is 16.2. The zero-order valence-corrected chi connectivity index (χ0v) is 17.0. The minimum Gasteiger partial charge on any atom is -0.389 e. The van der Waals surface area contributed by atoms with Gasteiger partial charge in [-0.1, -0.05) is 0 Å². The molecule has 0 unspecified atom stereocenters. The Hall–Kier alpha value is -1.49. The molecule has 2 fully saturated rings. The van der Waals surface area contributed by atoms with E-state index in [9.17, 15) is 18.3 Å². The van der Waals surface area contributed by atoms with Crippen molar-refractivity contribution >= 4 is 16.1 Å². The largest absolute Gasteiger partial charge is 0.389 e. The predicted molar refractivity (Wildman–Crippen MR) is 100 cm³/mol. The van der Waals surface area contributed by atoms with Crippen molar-refractivity contribution in [2.45, 2.75) is 38.3 Å². The van der Waals surface area contributed by atoms with Crippen molar-refractivity contribution in [3.05, 3.63) is 18.0 Å². The van der Waals surface area contributed by atoms with E-state index in [1.54, 1.807) is 15.8 Å². The normalized spacial score (nSPS) is 27.0. The van der Waals surface area contributed by atoms with Gasteiger partial charge in [-0.2, -0.15) is 22.1 Å². The number of fused-ring (bicyclic) bond motifs is 1. The molecule has 0 saturated carbocycles. The van der Waals surface area contributed by atoms with Crippen LogP contribution in [-0.2, 0) is 21.5 Å². The molecule has 10 heteroatoms. The first-order valence-electron chi connectivity index (χ1n) is 9.30. The number of piperidine rings is 2. The Balaban J connectivity index is 1.63. The van der Waals surface area contributed by atoms with Gasteiger partial charge < -0.3 is 10.0 Å². The highest BCUT2D eigenvalue weighted by Gasteiger charge is 2.48. The number of aryl methyl sites for hydroxylation is 2. The summed E-state index contributed by atoms with van der Waals surface area (Å²) in [4.78, 5) is 14.4. The maximum atomic E-state index is 12.6. The summed E-state index contributed by atoms with van der Waals surface area (Å²) in [5, 5.41) is 15.1. The van der Waals surface area contributed by atoms with E-state index >= 15 is 0 Å². The molecule has 9 nitrogen and oxygen atoms in total. The van der Waals surface area contributed by atoms with Crippen LogP contribution in [-0.4, -0.2) is 88.6 Å². The Labute approximate surface area is 160 Å². The van der Waals surface area contributed by atoms with Gasteiger partial charge in [0.15, 0.2) is 0 Å². The van der Waals surface area contributed by atoms with E-state index in [1.807, 2.05) is 13.0 Å². The van der Waals surface area contributed by atoms with Gasteiger partial charge in [0, 0.05) is 71.0 Å². The number of aromatic nitrogens is 2. The molecule has 2 aliphatic heterocycles. The molecule has 3 heterocycles. The molecule has 3 rings (SSSR count). The van der Waals surface area contributed by atoms with Gasteiger partial charge in [-0.15, -0.1) is 0 Å². The predicted octanol–water partition coefficient (Wildman–Crippen LogP) is -0.327. The summed E-state index contributed by atoms with van der Waals surface area (Å²) in [6.45, 7) is 3.89. The van der Waals surface area contributed by atoms with Crippen LogP contribution < -0.4 is 0 Å². The van der Waals surface area contributed by atoms with Crippen LogP contribution in [0, 0.1) is 12.8 Å². The summed E-state index contributed by atoms with van der Waals surface area (Å²) in [6, 6.07) is 1.90. The van der Waals surface area contributed by atoms with Gasteiger partial charge in [-0.05, 0) is 25.8 Å². The molecule has 0 radical (unpaired) electrons. The SMILES string of the molecule is Cc1ccnn1CCC(=O)N1CC[C@@]2(O)CCN(S(=O)(=O)N(C)C)C[C@H]2C1. The van der Waals surface area contributed by atoms with E-state index in [-0.39, 0.29) is 18.4 Å². The van der Waals surface area contributed by atoms with Crippen molar-refractivity contribution in [2.24, 2.45) is 5.92 Å². The fraction of sp³-hybridized carbons (Fsp3) is 0.765. The fourth-order valence-electron chi connectivity index (χ4n) is 3.93. The zero-order chi connectivity index (χ0) is 19.8. The monoisotopic (exact) mass is 399 g/mol. The number of amides is 1. The number of hydrogen-bond donors (Lipinski definition) is 1. The topological polar surface area (TPSA) is 99.0 Å². The molecular weight excluding hydrogens is 370 g/mol. The smallest absolute Gasteiger partial charge is 0.281 e. The minimum atomic E-state index is -3.52. The van der Waals surface area contributed by atoms with Crippen LogP contribution in [0.5, 0.6) is 0 Å². The molecule has 2 atom stereocenters. The average molecular weight is 400 g/mol. The molecule has 152 valence electrons. The van der Waals surface area contributed by atoms with Gasteiger partial charge in [-0.3, -0.25) is 9.48 Å². The molecule has 1 aromatic heterocycles. The highest BCUT2D eigenvalue weighted by Crippen LogP contribution is 2.36. The van der Waals surface area contributed by atoms with Gasteiger partial charge in [0.05, 0.1) is 5.60 Å². The van der Waals surface area contributed by atoms with Crippen LogP contribution in [0.15, 0.2) is 12.3 Å². The lowest BCUT2D eigenvalue weighted by molar-refractivity contribution is -0.144. The fourth-order valence-corrected chi connectivity index (χ4v) is 5.08. The summed E-state index contributed by atoms with van der Waals surface area (Å²) in [7, 11) is -0.511. The number of carbonyl (C=O) groups is 1. The molecule has 1 N–H and O–H groups in total. The summed E-state index contributed by atoms with van der Waals surface area (Å²) < 4.78 is 29.2. The summed E-state index contributed by atoms with van der Waals surface area (Å²) in [5.74, 6) is -0.260. The van der Waals surface area contributed by atoms with Crippen LogP contribution in [0.2, 0.25) is 0 Å². The highest BCUT2D eigenvalue weighted by atomic mass is 32.2. The highest BCUT2D eigenvalue weighted by molar-refractivity contribution is 7.86. The van der Waals surface area contributed by atoms with E-state index in [2.05, 4.69) is 5.10 Å². The van der Waals surface area contributed by atoms with E-state index in [0.717, 1.165) is 5.69 Å². The lowest BCUT2D eigenvalue weighted by atomic mass is 9.76. The van der Waals surface area contributed by atoms with Crippen molar-refractivity contribution in [3.63, 3.8) is 0 Å². The lowest BCUT2D eigenvalue weighted by Gasteiger charge is -2.50. The molecule has 1 amide bonds. The molecule has 0 spiro atoms. The second-order valence-electron chi connectivity index (χ2n) is 7.73. The average Bonchev–Trinajstić information content (AvgIpc) is 3.03. The number of nitrogens with zero attached hydrogens (tertiary/aromatic N) is 5. The van der Waals surface area contributed by atoms with Crippen molar-refractivity contribution in [1.29, 1.82) is 0 Å². The van der Waals surface area contributed by atoms with Gasteiger partial charge >= 0.3 is 0 Å². The third kappa shape index (κ3) is 4.03. The Morgan fingerprint density at radius 1 is 1.33 bits per heavy atom. The lowest BCUT2D eigenvalue weighted by Crippen LogP contribution is -2.62. The van der Waals surface area contributed by atoms with E-state index in [4.69, 9.17) is 0 Å². The van der Waals surface area contributed by atoms with Gasteiger partial charge in [0.2, 0.25) is 5.91 Å². The van der Waals surface area contributed by atoms with Crippen LogP contribution in [0.3, 0.4) is 0 Å². The first kappa shape index (κ1) is 20.2. The second kappa shape index (κ2) is 7.50. The molecule has 0 bridgehead atoms. The van der Waals surface area contributed by atoms with Crippen molar-refractivity contribution in [2.75, 3.05) is 40.3 Å². The number of hydrogen-bond acceptors (Lipinski definition) is 5. The Morgan fingerprint density at radius 2 is 2.04 bits per heavy atom. The Kier molecular flexibility index (Phi) is 5.62. The number of likely N-dealkylation sites (tertiary alicyclic amines) is 1. The van der Waals surface area contributed by atoms with Crippen molar-refractivity contribution in [3.8, 4) is 0 Å². The molecule has 2 aliphatic rings. The summed E-state index contributed by atoms with van der Waals surface area (Å²) in [5.41, 5.74) is 0.112. The van der Waals surface area contributed by atoms with Crippen molar-refractivity contribution in [1.82, 2.24) is 23.3 Å². The molecule has 0 aromatic carbocycles. The third-order valence-electron chi connectivity index (χ3n) is 5.84. The van der Waals surface area contributed by atoms with Gasteiger partial charge in [0.25, 0.3) is 10.2 Å². The van der Waals surface area contributed by atoms with Gasteiger partial charge in [-0.25, -0.2) is 0 Å². The van der Waals surface area contributed by atoms with Crippen LogP contribution in [0.4, 0.5) is 0 Å². The van der Waals surface area contributed by atoms with Crippen molar-refractivity contribution < 1.29 is 18.3 Å². The quantitative estimate of drug-likeness (QED) is 0.731. The number of rotatable bonds is 5. The van der Waals surface area contributed by atoms with E-state index < -0.39 is 15.8 Å². The third-order valence-corrected chi connectivity index (χ3v) is 7.75. The standard InChI is InChI=1S/C17H29N5O4S/c1-14-4-8-18-22(14)9-5-16(23)20-10-6-17(24)7-11-21(13-15(17)12-20)27(25,26)19(2)3/h4,8,15,24H,5-7,9-13H2,1-3H3/t15-,17-/m1/s1. The Morgan fingerprint density at radius 3 is 2.67 bits per heavy atom. The first-order chi connectivity index (χ1) is 12.6. The second-order valence-corrected chi connectivity index (χ2v) is 9.88. The molecule has 2 saturated heterocycles. The summed E-state index contributed by atoms with van der Waals surface area (Å²) in [6.07, 6.45) is 2.94. The Bertz CT molecular complexity index is 793. The maximum Gasteiger partial charge on any atom is 0.281 e. The summed E-state index contributed by atoms with van der Waals surface area (Å²) >= 11 is 0. The first-order valence-corrected chi connectivity index (χ1v) is 10.7. The molecule has 0 aliphatic carbocycles. The minimum absolute atomic E-state index is 0.0135. The molecular formula is C17H29N5O4S. The van der Waals surface area contributed by atoms with E-state index in [0.29, 0.717) is 45.4 Å². The van der Waals surface area contributed by atoms with Crippen LogP contribution in [0.25, 0.3) is 0 Å². The number of carbonyl (C=O) groups excluding carboxylic acids is 1. The maximum absolute atomic E-state index is 12.6. The number of aliphatic hydroxyl groups is 1. The van der Waals surface area contributed by atoms with Crippen LogP contribution >= 0.6 is 0 Å². The molecule has 27 heavy (non-hydrogen) atoms.